The highest BCUT2D eigenvalue weighted by Gasteiger charge is 2.17. The summed E-state index contributed by atoms with van der Waals surface area (Å²) in [7, 11) is 1.64. The lowest BCUT2D eigenvalue weighted by Gasteiger charge is -2.08. The molecule has 0 atom stereocenters. The molecule has 0 aliphatic heterocycles. The Labute approximate surface area is 156 Å². The molecule has 0 spiro atoms. The van der Waals surface area contributed by atoms with Crippen molar-refractivity contribution in [2.24, 2.45) is 7.05 Å². The van der Waals surface area contributed by atoms with E-state index in [2.05, 4.69) is 29.0 Å². The number of aromatic nitrogens is 4. The number of unbranched alkanes of at least 4 members (excludes halogenated alkanes) is 2. The zero-order chi connectivity index (χ0) is 18.5. The van der Waals surface area contributed by atoms with Crippen molar-refractivity contribution in [2.45, 2.75) is 44.3 Å². The molecule has 7 heteroatoms. The maximum Gasteiger partial charge on any atom is 0.329 e. The molecule has 0 aliphatic rings. The van der Waals surface area contributed by atoms with Crippen molar-refractivity contribution in [2.75, 3.05) is 5.75 Å². The molecule has 0 amide bonds. The van der Waals surface area contributed by atoms with E-state index in [4.69, 9.17) is 0 Å². The lowest BCUT2D eigenvalue weighted by Crippen LogP contribution is -2.29. The number of benzene rings is 1. The number of imidazole rings is 1. The molecule has 0 bridgehead atoms. The monoisotopic (exact) mass is 372 g/mol. The van der Waals surface area contributed by atoms with Crippen LogP contribution >= 0.6 is 11.8 Å². The third-order valence-electron chi connectivity index (χ3n) is 4.42. The quantitative estimate of drug-likeness (QED) is 0.487. The van der Waals surface area contributed by atoms with Gasteiger partial charge in [0.1, 0.15) is 0 Å². The zero-order valence-electron chi connectivity index (χ0n) is 15.2. The van der Waals surface area contributed by atoms with Crippen LogP contribution in [0.1, 0.15) is 31.7 Å². The summed E-state index contributed by atoms with van der Waals surface area (Å²) in [6.45, 7) is 2.83. The Hall–Kier alpha value is -2.28. The van der Waals surface area contributed by atoms with Crippen molar-refractivity contribution in [3.63, 3.8) is 0 Å². The van der Waals surface area contributed by atoms with Crippen molar-refractivity contribution < 1.29 is 0 Å². The zero-order valence-corrected chi connectivity index (χ0v) is 16.0. The number of rotatable bonds is 8. The summed E-state index contributed by atoms with van der Waals surface area (Å²) in [6, 6.07) is 10.2. The number of hydrogen-bond donors (Lipinski definition) is 1. The molecule has 6 nitrogen and oxygen atoms in total. The molecule has 0 saturated carbocycles. The molecule has 0 radical (unpaired) electrons. The van der Waals surface area contributed by atoms with E-state index in [1.54, 1.807) is 18.8 Å². The first-order chi connectivity index (χ1) is 12.6. The molecular weight excluding hydrogens is 348 g/mol. The highest BCUT2D eigenvalue weighted by molar-refractivity contribution is 7.99. The van der Waals surface area contributed by atoms with Crippen molar-refractivity contribution in [3.8, 4) is 0 Å². The topological polar surface area (TPSA) is 72.7 Å². The fourth-order valence-corrected chi connectivity index (χ4v) is 3.95. The Morgan fingerprint density at radius 2 is 1.92 bits per heavy atom. The van der Waals surface area contributed by atoms with Gasteiger partial charge in [-0.15, -0.1) is 0 Å². The highest BCUT2D eigenvalue weighted by atomic mass is 32.2. The van der Waals surface area contributed by atoms with Crippen molar-refractivity contribution in [3.05, 3.63) is 56.7 Å². The second-order valence-corrected chi connectivity index (χ2v) is 7.39. The van der Waals surface area contributed by atoms with Crippen molar-refractivity contribution in [1.82, 2.24) is 19.1 Å². The van der Waals surface area contributed by atoms with Crippen LogP contribution in [0.4, 0.5) is 0 Å². The summed E-state index contributed by atoms with van der Waals surface area (Å²) in [5, 5.41) is 0.804. The van der Waals surface area contributed by atoms with Crippen LogP contribution in [0.3, 0.4) is 0 Å². The van der Waals surface area contributed by atoms with Gasteiger partial charge >= 0.3 is 5.69 Å². The standard InChI is InChI=1S/C19H24N4O2S/c1-3-4-8-13-26-19-20-16-15(17(24)21-18(25)22(16)2)23(19)12-11-14-9-6-5-7-10-14/h5-7,9-10H,3-4,8,11-13H2,1-2H3,(H,21,24,25). The van der Waals surface area contributed by atoms with Crippen LogP contribution in [0.25, 0.3) is 11.2 Å². The Balaban J connectivity index is 1.97. The predicted molar refractivity (Wildman–Crippen MR) is 106 cm³/mol. The molecule has 0 unspecified atom stereocenters. The first kappa shape index (κ1) is 18.5. The van der Waals surface area contributed by atoms with E-state index >= 15 is 0 Å². The third kappa shape index (κ3) is 3.93. The van der Waals surface area contributed by atoms with E-state index in [1.807, 2.05) is 22.8 Å². The first-order valence-corrected chi connectivity index (χ1v) is 9.96. The molecule has 26 heavy (non-hydrogen) atoms. The van der Waals surface area contributed by atoms with Gasteiger partial charge in [0.05, 0.1) is 0 Å². The van der Waals surface area contributed by atoms with Gasteiger partial charge in [0.15, 0.2) is 16.3 Å². The predicted octanol–water partition coefficient (Wildman–Crippen LogP) is 2.95. The van der Waals surface area contributed by atoms with Crippen LogP contribution in [-0.4, -0.2) is 24.9 Å². The molecule has 2 aromatic heterocycles. The highest BCUT2D eigenvalue weighted by Crippen LogP contribution is 2.23. The minimum Gasteiger partial charge on any atom is -0.313 e. The molecule has 1 N–H and O–H groups in total. The molecule has 138 valence electrons. The van der Waals surface area contributed by atoms with Crippen LogP contribution in [0, 0.1) is 0 Å². The fourth-order valence-electron chi connectivity index (χ4n) is 2.93. The number of H-pyrrole nitrogens is 1. The number of aromatic amines is 1. The van der Waals surface area contributed by atoms with Gasteiger partial charge in [-0.3, -0.25) is 14.3 Å². The largest absolute Gasteiger partial charge is 0.329 e. The smallest absolute Gasteiger partial charge is 0.313 e. The normalized spacial score (nSPS) is 11.3. The van der Waals surface area contributed by atoms with E-state index in [0.717, 1.165) is 23.8 Å². The van der Waals surface area contributed by atoms with Crippen LogP contribution in [0.2, 0.25) is 0 Å². The number of nitrogens with one attached hydrogen (secondary N) is 1. The molecule has 2 heterocycles. The number of thioether (sulfide) groups is 1. The van der Waals surface area contributed by atoms with E-state index in [-0.39, 0.29) is 5.56 Å². The molecular formula is C19H24N4O2S. The summed E-state index contributed by atoms with van der Waals surface area (Å²) < 4.78 is 3.36. The Bertz CT molecular complexity index is 988. The first-order valence-electron chi connectivity index (χ1n) is 8.98. The van der Waals surface area contributed by atoms with Gasteiger partial charge in [0.2, 0.25) is 0 Å². The Morgan fingerprint density at radius 3 is 2.65 bits per heavy atom. The van der Waals surface area contributed by atoms with Crippen LogP contribution in [-0.2, 0) is 20.0 Å². The van der Waals surface area contributed by atoms with Crippen LogP contribution in [0.5, 0.6) is 0 Å². The van der Waals surface area contributed by atoms with Gasteiger partial charge in [0, 0.05) is 19.3 Å². The van der Waals surface area contributed by atoms with E-state index in [0.29, 0.717) is 17.7 Å². The van der Waals surface area contributed by atoms with Crippen molar-refractivity contribution >= 4 is 22.9 Å². The fraction of sp³-hybridized carbons (Fsp3) is 0.421. The average Bonchev–Trinajstić information content (AvgIpc) is 3.02. The minimum absolute atomic E-state index is 0.371. The number of nitrogens with zero attached hydrogens (tertiary/aromatic N) is 3. The number of hydrogen-bond acceptors (Lipinski definition) is 4. The Morgan fingerprint density at radius 1 is 1.15 bits per heavy atom. The maximum atomic E-state index is 12.4. The number of fused-ring (bicyclic) bond motifs is 1. The summed E-state index contributed by atoms with van der Waals surface area (Å²) in [4.78, 5) is 31.3. The number of aryl methyl sites for hydroxylation is 3. The third-order valence-corrected chi connectivity index (χ3v) is 5.48. The molecule has 1 aromatic carbocycles. The van der Waals surface area contributed by atoms with Gasteiger partial charge in [-0.1, -0.05) is 61.9 Å². The lowest BCUT2D eigenvalue weighted by molar-refractivity contribution is 0.649. The summed E-state index contributed by atoms with van der Waals surface area (Å²) in [5.41, 5.74) is 1.32. The van der Waals surface area contributed by atoms with Gasteiger partial charge in [-0.25, -0.2) is 9.78 Å². The molecule has 0 saturated heterocycles. The summed E-state index contributed by atoms with van der Waals surface area (Å²) >= 11 is 1.65. The SMILES string of the molecule is CCCCCSc1nc2c(c(=O)[nH]c(=O)n2C)n1CCc1ccccc1. The molecule has 3 aromatic rings. The van der Waals surface area contributed by atoms with E-state index in [9.17, 15) is 9.59 Å². The second-order valence-electron chi connectivity index (χ2n) is 6.33. The van der Waals surface area contributed by atoms with Gasteiger partial charge < -0.3 is 4.57 Å². The van der Waals surface area contributed by atoms with Gasteiger partial charge in [0.25, 0.3) is 5.56 Å². The lowest BCUT2D eigenvalue weighted by atomic mass is 10.1. The average molecular weight is 372 g/mol. The molecule has 0 fully saturated rings. The van der Waals surface area contributed by atoms with Crippen LogP contribution in [0.15, 0.2) is 45.1 Å². The Kier molecular flexibility index (Phi) is 5.98. The van der Waals surface area contributed by atoms with Crippen molar-refractivity contribution in [1.29, 1.82) is 0 Å². The van der Waals surface area contributed by atoms with Crippen LogP contribution < -0.4 is 11.2 Å². The van der Waals surface area contributed by atoms with E-state index in [1.165, 1.54) is 23.0 Å². The molecule has 3 rings (SSSR count). The molecule has 0 aliphatic carbocycles. The van der Waals surface area contributed by atoms with E-state index < -0.39 is 5.69 Å². The summed E-state index contributed by atoms with van der Waals surface area (Å²) in [6.07, 6.45) is 4.25. The maximum absolute atomic E-state index is 12.4. The second kappa shape index (κ2) is 8.40. The van der Waals surface area contributed by atoms with Gasteiger partial charge in [-0.2, -0.15) is 0 Å². The van der Waals surface area contributed by atoms with Gasteiger partial charge in [-0.05, 0) is 18.4 Å². The summed E-state index contributed by atoms with van der Waals surface area (Å²) in [5.74, 6) is 0.953. The minimum atomic E-state index is -0.433.